The lowest BCUT2D eigenvalue weighted by atomic mass is 9.81. The molecule has 3 unspecified atom stereocenters. The second-order valence-corrected chi connectivity index (χ2v) is 6.55. The molecule has 0 bridgehead atoms. The number of nitrogens with zero attached hydrogens (tertiary/aromatic N) is 2. The Kier molecular flexibility index (Phi) is 5.67. The van der Waals surface area contributed by atoms with Gasteiger partial charge in [-0.05, 0) is 64.7 Å². The van der Waals surface area contributed by atoms with E-state index in [1.165, 1.54) is 51.7 Å². The molecule has 0 spiro atoms. The van der Waals surface area contributed by atoms with Gasteiger partial charge in [0.15, 0.2) is 0 Å². The molecule has 1 N–H and O–H groups in total. The van der Waals surface area contributed by atoms with E-state index in [2.05, 4.69) is 30.7 Å². The third-order valence-electron chi connectivity index (χ3n) is 5.57. The fraction of sp³-hybridized carbons (Fsp3) is 1.00. The molecule has 0 radical (unpaired) electrons. The van der Waals surface area contributed by atoms with Crippen LogP contribution >= 0.6 is 0 Å². The number of aliphatic hydroxyl groups excluding tert-OH is 1. The van der Waals surface area contributed by atoms with Crippen molar-refractivity contribution in [2.45, 2.75) is 70.6 Å². The summed E-state index contributed by atoms with van der Waals surface area (Å²) in [7, 11) is 2.25. The van der Waals surface area contributed by atoms with Gasteiger partial charge in [0.05, 0.1) is 6.10 Å². The molecule has 1 saturated carbocycles. The van der Waals surface area contributed by atoms with E-state index >= 15 is 0 Å². The molecule has 0 aromatic carbocycles. The van der Waals surface area contributed by atoms with Gasteiger partial charge in [-0.3, -0.25) is 4.90 Å². The zero-order valence-corrected chi connectivity index (χ0v) is 13.0. The summed E-state index contributed by atoms with van der Waals surface area (Å²) in [6, 6.07) is 1.08. The lowest BCUT2D eigenvalue weighted by Crippen LogP contribution is -2.52. The van der Waals surface area contributed by atoms with Crippen LogP contribution in [0.4, 0.5) is 0 Å². The fourth-order valence-corrected chi connectivity index (χ4v) is 3.94. The van der Waals surface area contributed by atoms with Crippen LogP contribution in [0.5, 0.6) is 0 Å². The van der Waals surface area contributed by atoms with Crippen molar-refractivity contribution >= 4 is 0 Å². The SMILES string of the molecule is CCC1CCC(O)C(N(C)C2CCN(CC)CC2)C1. The number of likely N-dealkylation sites (tertiary alicyclic amines) is 1. The molecule has 1 aliphatic carbocycles. The highest BCUT2D eigenvalue weighted by Crippen LogP contribution is 2.31. The van der Waals surface area contributed by atoms with Gasteiger partial charge in [-0.2, -0.15) is 0 Å². The summed E-state index contributed by atoms with van der Waals surface area (Å²) in [4.78, 5) is 5.05. The number of hydrogen-bond acceptors (Lipinski definition) is 3. The Morgan fingerprint density at radius 3 is 2.37 bits per heavy atom. The molecule has 112 valence electrons. The Bertz CT molecular complexity index is 263. The van der Waals surface area contributed by atoms with Crippen LogP contribution in [0.2, 0.25) is 0 Å². The molecular weight excluding hydrogens is 236 g/mol. The number of rotatable bonds is 4. The van der Waals surface area contributed by atoms with E-state index in [4.69, 9.17) is 0 Å². The number of aliphatic hydroxyl groups is 1. The summed E-state index contributed by atoms with van der Waals surface area (Å²) in [6.07, 6.45) is 7.12. The van der Waals surface area contributed by atoms with Gasteiger partial charge in [-0.25, -0.2) is 0 Å². The summed E-state index contributed by atoms with van der Waals surface area (Å²) in [5.41, 5.74) is 0. The highest BCUT2D eigenvalue weighted by molar-refractivity contribution is 4.89. The van der Waals surface area contributed by atoms with Crippen LogP contribution in [0.1, 0.15) is 52.4 Å². The van der Waals surface area contributed by atoms with Crippen molar-refractivity contribution in [1.29, 1.82) is 0 Å². The standard InChI is InChI=1S/C16H32N2O/c1-4-13-6-7-16(19)15(12-13)17(3)14-8-10-18(5-2)11-9-14/h13-16,19H,4-12H2,1-3H3. The van der Waals surface area contributed by atoms with E-state index in [9.17, 15) is 5.11 Å². The second-order valence-electron chi connectivity index (χ2n) is 6.55. The quantitative estimate of drug-likeness (QED) is 0.848. The van der Waals surface area contributed by atoms with Gasteiger partial charge >= 0.3 is 0 Å². The Morgan fingerprint density at radius 1 is 1.11 bits per heavy atom. The van der Waals surface area contributed by atoms with Gasteiger partial charge < -0.3 is 10.0 Å². The van der Waals surface area contributed by atoms with Crippen LogP contribution in [0.3, 0.4) is 0 Å². The van der Waals surface area contributed by atoms with E-state index in [1.54, 1.807) is 0 Å². The van der Waals surface area contributed by atoms with Crippen molar-refractivity contribution in [3.63, 3.8) is 0 Å². The minimum Gasteiger partial charge on any atom is -0.391 e. The van der Waals surface area contributed by atoms with Crippen LogP contribution in [-0.2, 0) is 0 Å². The van der Waals surface area contributed by atoms with Crippen molar-refractivity contribution in [2.75, 3.05) is 26.7 Å². The first-order chi connectivity index (χ1) is 9.15. The van der Waals surface area contributed by atoms with Crippen LogP contribution < -0.4 is 0 Å². The molecule has 1 heterocycles. The zero-order chi connectivity index (χ0) is 13.8. The van der Waals surface area contributed by atoms with Crippen LogP contribution in [0, 0.1) is 5.92 Å². The second kappa shape index (κ2) is 7.05. The highest BCUT2D eigenvalue weighted by Gasteiger charge is 2.34. The fourth-order valence-electron chi connectivity index (χ4n) is 3.94. The van der Waals surface area contributed by atoms with Gasteiger partial charge in [0.2, 0.25) is 0 Å². The molecule has 2 fully saturated rings. The summed E-state index contributed by atoms with van der Waals surface area (Å²) in [6.45, 7) is 8.18. The Hall–Kier alpha value is -0.120. The first-order valence-electron chi connectivity index (χ1n) is 8.28. The maximum absolute atomic E-state index is 10.3. The summed E-state index contributed by atoms with van der Waals surface area (Å²) < 4.78 is 0. The van der Waals surface area contributed by atoms with E-state index < -0.39 is 0 Å². The lowest BCUT2D eigenvalue weighted by Gasteiger charge is -2.44. The summed E-state index contributed by atoms with van der Waals surface area (Å²) in [5.74, 6) is 0.826. The maximum Gasteiger partial charge on any atom is 0.0695 e. The number of piperidine rings is 1. The minimum absolute atomic E-state index is 0.1000. The first-order valence-corrected chi connectivity index (χ1v) is 8.28. The molecule has 2 aliphatic rings. The zero-order valence-electron chi connectivity index (χ0n) is 13.0. The van der Waals surface area contributed by atoms with Crippen molar-refractivity contribution in [1.82, 2.24) is 9.80 Å². The van der Waals surface area contributed by atoms with Crippen molar-refractivity contribution in [3.8, 4) is 0 Å². The van der Waals surface area contributed by atoms with E-state index in [0.717, 1.165) is 12.3 Å². The average molecular weight is 268 g/mol. The molecule has 0 aromatic rings. The van der Waals surface area contributed by atoms with Crippen LogP contribution in [-0.4, -0.2) is 59.8 Å². The van der Waals surface area contributed by atoms with Gasteiger partial charge in [0, 0.05) is 12.1 Å². The Labute approximate surface area is 119 Å². The third kappa shape index (κ3) is 3.71. The Morgan fingerprint density at radius 2 is 1.79 bits per heavy atom. The van der Waals surface area contributed by atoms with E-state index in [1.807, 2.05) is 0 Å². The molecule has 0 aromatic heterocycles. The largest absolute Gasteiger partial charge is 0.391 e. The van der Waals surface area contributed by atoms with E-state index in [-0.39, 0.29) is 6.10 Å². The summed E-state index contributed by atoms with van der Waals surface area (Å²) >= 11 is 0. The molecule has 3 atom stereocenters. The lowest BCUT2D eigenvalue weighted by molar-refractivity contribution is -0.0160. The third-order valence-corrected chi connectivity index (χ3v) is 5.57. The molecule has 2 rings (SSSR count). The monoisotopic (exact) mass is 268 g/mol. The molecule has 3 nitrogen and oxygen atoms in total. The normalized spacial score (nSPS) is 34.9. The highest BCUT2D eigenvalue weighted by atomic mass is 16.3. The van der Waals surface area contributed by atoms with Crippen LogP contribution in [0.25, 0.3) is 0 Å². The predicted octanol–water partition coefficient (Wildman–Crippen LogP) is 2.34. The molecular formula is C16H32N2O. The van der Waals surface area contributed by atoms with Crippen molar-refractivity contribution in [3.05, 3.63) is 0 Å². The first kappa shape index (κ1) is 15.3. The number of hydrogen-bond donors (Lipinski definition) is 1. The van der Waals surface area contributed by atoms with Gasteiger partial charge in [0.1, 0.15) is 0 Å². The molecule has 3 heteroatoms. The van der Waals surface area contributed by atoms with Crippen molar-refractivity contribution in [2.24, 2.45) is 5.92 Å². The molecule has 1 saturated heterocycles. The predicted molar refractivity (Wildman–Crippen MR) is 80.3 cm³/mol. The van der Waals surface area contributed by atoms with E-state index in [0.29, 0.717) is 12.1 Å². The van der Waals surface area contributed by atoms with Gasteiger partial charge in [0.25, 0.3) is 0 Å². The van der Waals surface area contributed by atoms with Crippen molar-refractivity contribution < 1.29 is 5.11 Å². The minimum atomic E-state index is -0.1000. The van der Waals surface area contributed by atoms with Gasteiger partial charge in [-0.15, -0.1) is 0 Å². The summed E-state index contributed by atoms with van der Waals surface area (Å²) in [5, 5.41) is 10.3. The average Bonchev–Trinajstić information content (AvgIpc) is 2.47. The number of likely N-dealkylation sites (N-methyl/N-ethyl adjacent to an activating group) is 1. The molecule has 1 aliphatic heterocycles. The van der Waals surface area contributed by atoms with Gasteiger partial charge in [-0.1, -0.05) is 20.3 Å². The smallest absolute Gasteiger partial charge is 0.0695 e. The Balaban J connectivity index is 1.89. The van der Waals surface area contributed by atoms with Crippen LogP contribution in [0.15, 0.2) is 0 Å². The topological polar surface area (TPSA) is 26.7 Å². The molecule has 0 amide bonds. The maximum atomic E-state index is 10.3. The molecule has 19 heavy (non-hydrogen) atoms.